The van der Waals surface area contributed by atoms with Crippen LogP contribution in [-0.2, 0) is 9.73 Å². The zero-order valence-electron chi connectivity index (χ0n) is 18.5. The third-order valence-corrected chi connectivity index (χ3v) is 8.65. The van der Waals surface area contributed by atoms with Gasteiger partial charge in [0.2, 0.25) is 0 Å². The zero-order chi connectivity index (χ0) is 23.0. The minimum atomic E-state index is -2.12. The summed E-state index contributed by atoms with van der Waals surface area (Å²) in [7, 11) is -2.12. The molecule has 1 saturated carbocycles. The molecule has 174 valence electrons. The molecule has 2 aromatic carbocycles. The van der Waals surface area contributed by atoms with Crippen LogP contribution < -0.4 is 10.1 Å². The highest BCUT2D eigenvalue weighted by atomic mass is 32.2. The maximum absolute atomic E-state index is 14.0. The van der Waals surface area contributed by atoms with Crippen LogP contribution in [0.2, 0.25) is 0 Å². The summed E-state index contributed by atoms with van der Waals surface area (Å²) in [5.74, 6) is 1.90. The number of anilines is 2. The molecule has 2 heterocycles. The lowest BCUT2D eigenvalue weighted by Crippen LogP contribution is -2.26. The molecule has 2 N–H and O–H groups in total. The second-order valence-corrected chi connectivity index (χ2v) is 11.4. The molecule has 2 fully saturated rings. The number of aliphatic hydroxyl groups excluding tert-OH is 1. The molecule has 3 aromatic rings. The molecule has 9 heteroatoms. The van der Waals surface area contributed by atoms with Gasteiger partial charge in [0.1, 0.15) is 23.7 Å². The second-order valence-electron chi connectivity index (χ2n) is 8.82. The van der Waals surface area contributed by atoms with Crippen molar-refractivity contribution >= 4 is 37.8 Å². The van der Waals surface area contributed by atoms with Crippen molar-refractivity contribution in [3.8, 4) is 5.75 Å². The number of aryl methyl sites for hydroxylation is 1. The molecule has 0 unspecified atom stereocenters. The number of aliphatic hydroxyl groups is 1. The van der Waals surface area contributed by atoms with Crippen LogP contribution in [-0.4, -0.2) is 43.0 Å². The van der Waals surface area contributed by atoms with Gasteiger partial charge in [-0.3, -0.25) is 0 Å². The first-order chi connectivity index (χ1) is 15.9. The third-order valence-electron chi connectivity index (χ3n) is 6.25. The fourth-order valence-electron chi connectivity index (χ4n) is 4.36. The molecule has 33 heavy (non-hydrogen) atoms. The van der Waals surface area contributed by atoms with E-state index in [1.165, 1.54) is 18.5 Å². The summed E-state index contributed by atoms with van der Waals surface area (Å²) in [4.78, 5) is 8.82. The average molecular weight is 471 g/mol. The summed E-state index contributed by atoms with van der Waals surface area (Å²) >= 11 is 0. The fourth-order valence-corrected chi connectivity index (χ4v) is 5.82. The van der Waals surface area contributed by atoms with Gasteiger partial charge < -0.3 is 15.2 Å². The van der Waals surface area contributed by atoms with Crippen LogP contribution in [0.15, 0.2) is 41.0 Å². The molecule has 0 amide bonds. The third kappa shape index (κ3) is 4.79. The Morgan fingerprint density at radius 2 is 1.94 bits per heavy atom. The molecule has 5 rings (SSSR count). The van der Waals surface area contributed by atoms with E-state index in [1.54, 1.807) is 6.07 Å². The molecule has 1 aliphatic carbocycles. The molecule has 1 aliphatic heterocycles. The lowest BCUT2D eigenvalue weighted by molar-refractivity contribution is 0.0668. The number of hydrogen-bond donors (Lipinski definition) is 2. The van der Waals surface area contributed by atoms with Gasteiger partial charge >= 0.3 is 0 Å². The normalized spacial score (nSPS) is 21.9. The Hall–Kier alpha value is -2.78. The standard InChI is InChI=1S/C24H27FN4O3S/c1-15-11-17(29-33(31)9-2-10-33)13-21-23(15)24(27-14-26-21)28-20-8-3-16(25)12-22(20)32-19-6-4-18(30)5-7-19/h3,8,11-14,18-19,30H,2,4-7,9-10H2,1H3,(H,26,27,28). The number of nitrogens with one attached hydrogen (secondary N) is 1. The maximum atomic E-state index is 14.0. The van der Waals surface area contributed by atoms with Gasteiger partial charge in [-0.1, -0.05) is 0 Å². The van der Waals surface area contributed by atoms with Crippen LogP contribution in [0.5, 0.6) is 5.75 Å². The van der Waals surface area contributed by atoms with Gasteiger partial charge in [0.25, 0.3) is 0 Å². The molecule has 1 saturated heterocycles. The quantitative estimate of drug-likeness (QED) is 0.544. The Bertz CT molecular complexity index is 1300. The van der Waals surface area contributed by atoms with Crippen molar-refractivity contribution in [2.75, 3.05) is 16.8 Å². The van der Waals surface area contributed by atoms with E-state index >= 15 is 0 Å². The van der Waals surface area contributed by atoms with Gasteiger partial charge in [0.15, 0.2) is 0 Å². The van der Waals surface area contributed by atoms with E-state index in [2.05, 4.69) is 19.6 Å². The number of halogens is 1. The van der Waals surface area contributed by atoms with Crippen molar-refractivity contribution in [1.29, 1.82) is 0 Å². The van der Waals surface area contributed by atoms with Gasteiger partial charge in [-0.2, -0.15) is 4.36 Å². The zero-order valence-corrected chi connectivity index (χ0v) is 19.3. The predicted octanol–water partition coefficient (Wildman–Crippen LogP) is 5.01. The van der Waals surface area contributed by atoms with Crippen molar-refractivity contribution in [3.05, 3.63) is 48.0 Å². The van der Waals surface area contributed by atoms with Crippen LogP contribution in [0, 0.1) is 12.7 Å². The summed E-state index contributed by atoms with van der Waals surface area (Å²) in [5.41, 5.74) is 2.87. The number of nitrogens with zero attached hydrogens (tertiary/aromatic N) is 3. The summed E-state index contributed by atoms with van der Waals surface area (Å²) < 4.78 is 37.2. The van der Waals surface area contributed by atoms with Gasteiger partial charge in [-0.05, 0) is 68.9 Å². The lowest BCUT2D eigenvalue weighted by Gasteiger charge is -2.27. The highest BCUT2D eigenvalue weighted by Crippen LogP contribution is 2.35. The minimum Gasteiger partial charge on any atom is -0.488 e. The number of rotatable bonds is 5. The molecule has 0 radical (unpaired) electrons. The number of aromatic nitrogens is 2. The van der Waals surface area contributed by atoms with E-state index in [-0.39, 0.29) is 18.0 Å². The molecule has 0 atom stereocenters. The van der Waals surface area contributed by atoms with Crippen LogP contribution in [0.4, 0.5) is 21.6 Å². The Balaban J connectivity index is 1.47. The summed E-state index contributed by atoms with van der Waals surface area (Å²) in [5, 5.41) is 13.9. The summed E-state index contributed by atoms with van der Waals surface area (Å²) in [6, 6.07) is 8.11. The van der Waals surface area contributed by atoms with E-state index in [9.17, 15) is 13.7 Å². The van der Waals surface area contributed by atoms with Gasteiger partial charge in [0, 0.05) is 23.0 Å². The molecule has 1 aromatic heterocycles. The van der Waals surface area contributed by atoms with E-state index in [4.69, 9.17) is 4.74 Å². The Morgan fingerprint density at radius 3 is 2.67 bits per heavy atom. The summed E-state index contributed by atoms with van der Waals surface area (Å²) in [6.45, 7) is 1.94. The topological polar surface area (TPSA) is 96.7 Å². The Labute approximate surface area is 192 Å². The van der Waals surface area contributed by atoms with E-state index in [1.807, 2.05) is 19.1 Å². The largest absolute Gasteiger partial charge is 0.488 e. The molecule has 2 aliphatic rings. The SMILES string of the molecule is Cc1cc(N=S2(=O)CCC2)cc2ncnc(Nc3ccc(F)cc3OC3CCC(O)CC3)c12. The van der Waals surface area contributed by atoms with Crippen LogP contribution in [0.25, 0.3) is 10.9 Å². The van der Waals surface area contributed by atoms with Crippen molar-refractivity contribution in [3.63, 3.8) is 0 Å². The molecular weight excluding hydrogens is 443 g/mol. The van der Waals surface area contributed by atoms with Crippen LogP contribution >= 0.6 is 0 Å². The highest BCUT2D eigenvalue weighted by Gasteiger charge is 2.23. The van der Waals surface area contributed by atoms with Crippen molar-refractivity contribution in [2.45, 2.75) is 51.2 Å². The number of benzene rings is 2. The number of ether oxygens (including phenoxy) is 1. The molecule has 7 nitrogen and oxygen atoms in total. The lowest BCUT2D eigenvalue weighted by atomic mass is 9.95. The molecule has 0 spiro atoms. The average Bonchev–Trinajstić information content (AvgIpc) is 2.76. The van der Waals surface area contributed by atoms with E-state index in [0.29, 0.717) is 52.8 Å². The van der Waals surface area contributed by atoms with Gasteiger partial charge in [0.05, 0.1) is 38.8 Å². The Morgan fingerprint density at radius 1 is 1.15 bits per heavy atom. The maximum Gasteiger partial charge on any atom is 0.146 e. The smallest absolute Gasteiger partial charge is 0.146 e. The first kappa shape index (κ1) is 22.0. The number of fused-ring (bicyclic) bond motifs is 1. The first-order valence-electron chi connectivity index (χ1n) is 11.3. The van der Waals surface area contributed by atoms with E-state index < -0.39 is 9.73 Å². The predicted molar refractivity (Wildman–Crippen MR) is 127 cm³/mol. The monoisotopic (exact) mass is 470 g/mol. The fraction of sp³-hybridized carbons (Fsp3) is 0.417. The molecule has 0 bridgehead atoms. The van der Waals surface area contributed by atoms with Crippen molar-refractivity contribution < 1.29 is 18.4 Å². The van der Waals surface area contributed by atoms with Crippen LogP contribution in [0.1, 0.15) is 37.7 Å². The van der Waals surface area contributed by atoms with Gasteiger partial charge in [-0.15, -0.1) is 0 Å². The van der Waals surface area contributed by atoms with Crippen molar-refractivity contribution in [2.24, 2.45) is 4.36 Å². The van der Waals surface area contributed by atoms with E-state index in [0.717, 1.165) is 30.2 Å². The Kier molecular flexibility index (Phi) is 5.92. The number of hydrogen-bond acceptors (Lipinski definition) is 7. The highest BCUT2D eigenvalue weighted by molar-refractivity contribution is 7.95. The van der Waals surface area contributed by atoms with Gasteiger partial charge in [-0.25, -0.2) is 18.6 Å². The second kappa shape index (κ2) is 8.87. The molecular formula is C24H27FN4O3S. The van der Waals surface area contributed by atoms with Crippen LogP contribution in [0.3, 0.4) is 0 Å². The minimum absolute atomic E-state index is 0.0720. The summed E-state index contributed by atoms with van der Waals surface area (Å²) in [6.07, 6.45) is 4.86. The first-order valence-corrected chi connectivity index (χ1v) is 13.1. The van der Waals surface area contributed by atoms with Crippen molar-refractivity contribution in [1.82, 2.24) is 9.97 Å².